The number of para-hydroxylation sites is 1. The molecule has 5 aromatic rings. The SMILES string of the molecule is CN1C=CN(c2[c-]c(Oc3[c-]c4c(cc3)c3ccccc3n4-c3cc(C(C)(C)C)ccn3)cc(C(C)(C)C)c2)[CH-]1.[Pt]. The Bertz CT molecular complexity index is 1760. The minimum atomic E-state index is -0.0544. The van der Waals surface area contributed by atoms with Gasteiger partial charge in [0.05, 0.1) is 0 Å². The van der Waals surface area contributed by atoms with E-state index in [1.807, 2.05) is 43.3 Å². The standard InChI is InChI=1S/C35H35N4O.Pt/c1-34(2,3)24-14-15-36-33(20-24)39-31-11-9-8-10-29(31)30-13-12-27(22-32(30)39)40-28-19-25(35(4,5)6)18-26(21-28)38-17-16-37(7)23-38;/h8-20,23H,1-7H3;/q-3;. The normalized spacial score (nSPS) is 13.7. The summed E-state index contributed by atoms with van der Waals surface area (Å²) in [6.45, 7) is 15.3. The Hall–Kier alpha value is -3.56. The number of pyridine rings is 1. The summed E-state index contributed by atoms with van der Waals surface area (Å²) in [6.07, 6.45) is 5.94. The van der Waals surface area contributed by atoms with E-state index in [0.717, 1.165) is 33.3 Å². The van der Waals surface area contributed by atoms with Crippen LogP contribution in [0.15, 0.2) is 79.3 Å². The molecule has 0 saturated carbocycles. The van der Waals surface area contributed by atoms with E-state index in [2.05, 4.69) is 118 Å². The molecule has 1 aliphatic rings. The predicted molar refractivity (Wildman–Crippen MR) is 164 cm³/mol. The van der Waals surface area contributed by atoms with E-state index < -0.39 is 0 Å². The molecule has 0 bridgehead atoms. The maximum atomic E-state index is 6.49. The zero-order valence-corrected chi connectivity index (χ0v) is 26.9. The minimum absolute atomic E-state index is 0. The third-order valence-corrected chi connectivity index (χ3v) is 7.36. The van der Waals surface area contributed by atoms with Crippen molar-refractivity contribution >= 4 is 27.5 Å². The van der Waals surface area contributed by atoms with Crippen molar-refractivity contribution in [3.63, 3.8) is 0 Å². The molecule has 0 N–H and O–H groups in total. The number of fused-ring (bicyclic) bond motifs is 3. The maximum absolute atomic E-state index is 6.49. The average Bonchev–Trinajstić information content (AvgIpc) is 3.48. The third kappa shape index (κ3) is 5.65. The molecule has 3 aromatic carbocycles. The average molecular weight is 723 g/mol. The first kappa shape index (κ1) is 28.9. The zero-order chi connectivity index (χ0) is 28.2. The summed E-state index contributed by atoms with van der Waals surface area (Å²) < 4.78 is 8.68. The van der Waals surface area contributed by atoms with Gasteiger partial charge in [0.1, 0.15) is 5.82 Å². The topological polar surface area (TPSA) is 33.5 Å². The molecule has 214 valence electrons. The Morgan fingerprint density at radius 1 is 0.780 bits per heavy atom. The van der Waals surface area contributed by atoms with Crippen molar-refractivity contribution in [3.05, 3.63) is 109 Å². The quantitative estimate of drug-likeness (QED) is 0.174. The zero-order valence-electron chi connectivity index (χ0n) is 24.6. The van der Waals surface area contributed by atoms with E-state index in [-0.39, 0.29) is 31.9 Å². The molecule has 0 aliphatic carbocycles. The second-order valence-electron chi connectivity index (χ2n) is 12.5. The van der Waals surface area contributed by atoms with Gasteiger partial charge in [-0.05, 0) is 59.4 Å². The number of aromatic nitrogens is 2. The molecule has 0 spiro atoms. The van der Waals surface area contributed by atoms with E-state index in [4.69, 9.17) is 9.72 Å². The van der Waals surface area contributed by atoms with Crippen LogP contribution in [0.5, 0.6) is 11.5 Å². The minimum Gasteiger partial charge on any atom is -0.510 e. The summed E-state index contributed by atoms with van der Waals surface area (Å²) in [5.41, 5.74) is 5.32. The van der Waals surface area contributed by atoms with E-state index in [1.54, 1.807) is 0 Å². The van der Waals surface area contributed by atoms with Gasteiger partial charge in [-0.1, -0.05) is 65.3 Å². The Labute approximate surface area is 257 Å². The van der Waals surface area contributed by atoms with Crippen LogP contribution in [0.3, 0.4) is 0 Å². The molecule has 0 fully saturated rings. The van der Waals surface area contributed by atoms with Gasteiger partial charge >= 0.3 is 0 Å². The molecule has 0 radical (unpaired) electrons. The molecule has 3 heterocycles. The van der Waals surface area contributed by atoms with Crippen LogP contribution in [0, 0.1) is 18.8 Å². The summed E-state index contributed by atoms with van der Waals surface area (Å²) in [5, 5.41) is 2.27. The second kappa shape index (κ2) is 10.7. The first-order valence-electron chi connectivity index (χ1n) is 13.7. The number of benzene rings is 3. The van der Waals surface area contributed by atoms with E-state index in [1.165, 1.54) is 11.1 Å². The van der Waals surface area contributed by atoms with Crippen molar-refractivity contribution in [1.29, 1.82) is 0 Å². The fourth-order valence-electron chi connectivity index (χ4n) is 5.05. The number of nitrogens with zero attached hydrogens (tertiary/aromatic N) is 4. The van der Waals surface area contributed by atoms with Crippen molar-refractivity contribution in [2.24, 2.45) is 0 Å². The van der Waals surface area contributed by atoms with Gasteiger partial charge in [-0.2, -0.15) is 12.7 Å². The number of hydrogen-bond donors (Lipinski definition) is 0. The van der Waals surface area contributed by atoms with Gasteiger partial charge < -0.3 is 19.1 Å². The van der Waals surface area contributed by atoms with Gasteiger partial charge in [-0.3, -0.25) is 0 Å². The fourth-order valence-corrected chi connectivity index (χ4v) is 5.05. The molecule has 41 heavy (non-hydrogen) atoms. The van der Waals surface area contributed by atoms with Gasteiger partial charge in [-0.25, -0.2) is 4.98 Å². The van der Waals surface area contributed by atoms with Gasteiger partial charge in [-0.15, -0.1) is 47.0 Å². The van der Waals surface area contributed by atoms with Crippen molar-refractivity contribution in [1.82, 2.24) is 14.5 Å². The smallest absolute Gasteiger partial charge is 0.135 e. The molecular formula is C35H35N4OPt-3. The molecule has 1 aliphatic heterocycles. The van der Waals surface area contributed by atoms with Crippen molar-refractivity contribution in [2.75, 3.05) is 11.9 Å². The number of hydrogen-bond acceptors (Lipinski definition) is 4. The van der Waals surface area contributed by atoms with Crippen molar-refractivity contribution < 1.29 is 25.8 Å². The largest absolute Gasteiger partial charge is 0.510 e. The summed E-state index contributed by atoms with van der Waals surface area (Å²) in [6, 6.07) is 28.1. The van der Waals surface area contributed by atoms with E-state index in [0.29, 0.717) is 11.5 Å². The van der Waals surface area contributed by atoms with Crippen LogP contribution in [0.4, 0.5) is 5.69 Å². The first-order chi connectivity index (χ1) is 19.0. The fraction of sp³-hybridized carbons (Fsp3) is 0.257. The summed E-state index contributed by atoms with van der Waals surface area (Å²) in [5.74, 6) is 2.16. The molecule has 0 amide bonds. The number of anilines is 1. The predicted octanol–water partition coefficient (Wildman–Crippen LogP) is 8.51. The summed E-state index contributed by atoms with van der Waals surface area (Å²) in [7, 11) is 2.01. The molecule has 0 unspecified atom stereocenters. The third-order valence-electron chi connectivity index (χ3n) is 7.36. The molecule has 2 aromatic heterocycles. The van der Waals surface area contributed by atoms with Gasteiger partial charge in [0.2, 0.25) is 0 Å². The van der Waals surface area contributed by atoms with Gasteiger partial charge in [0.25, 0.3) is 0 Å². The Kier molecular flexibility index (Phi) is 7.55. The molecule has 6 heteroatoms. The van der Waals surface area contributed by atoms with Gasteiger partial charge in [0, 0.05) is 44.3 Å². The first-order valence-corrected chi connectivity index (χ1v) is 13.7. The number of ether oxygens (including phenoxy) is 1. The maximum Gasteiger partial charge on any atom is 0.135 e. The van der Waals surface area contributed by atoms with Crippen LogP contribution in [0.1, 0.15) is 52.7 Å². The number of rotatable bonds is 4. The van der Waals surface area contributed by atoms with E-state index >= 15 is 0 Å². The van der Waals surface area contributed by atoms with Crippen LogP contribution < -0.4 is 9.64 Å². The molecule has 5 nitrogen and oxygen atoms in total. The Morgan fingerprint density at radius 2 is 1.54 bits per heavy atom. The summed E-state index contributed by atoms with van der Waals surface area (Å²) >= 11 is 0. The van der Waals surface area contributed by atoms with Crippen LogP contribution in [0.25, 0.3) is 27.6 Å². The Morgan fingerprint density at radius 3 is 2.24 bits per heavy atom. The van der Waals surface area contributed by atoms with Crippen molar-refractivity contribution in [2.45, 2.75) is 52.4 Å². The Balaban J connectivity index is 0.00000337. The molecule has 6 rings (SSSR count). The van der Waals surface area contributed by atoms with Crippen LogP contribution in [-0.4, -0.2) is 21.5 Å². The molecule has 0 saturated heterocycles. The van der Waals surface area contributed by atoms with Gasteiger partial charge in [0.15, 0.2) is 0 Å². The summed E-state index contributed by atoms with van der Waals surface area (Å²) in [4.78, 5) is 8.86. The van der Waals surface area contributed by atoms with E-state index in [9.17, 15) is 0 Å². The molecular weight excluding hydrogens is 687 g/mol. The van der Waals surface area contributed by atoms with Crippen molar-refractivity contribution in [3.8, 4) is 17.3 Å². The molecule has 0 atom stereocenters. The van der Waals surface area contributed by atoms with Crippen LogP contribution in [0.2, 0.25) is 0 Å². The second-order valence-corrected chi connectivity index (χ2v) is 12.5. The monoisotopic (exact) mass is 722 g/mol. The van der Waals surface area contributed by atoms with Crippen LogP contribution in [-0.2, 0) is 31.9 Å². The van der Waals surface area contributed by atoms with Crippen LogP contribution >= 0.6 is 0 Å².